The van der Waals surface area contributed by atoms with E-state index in [9.17, 15) is 39.6 Å². The first kappa shape index (κ1) is 28.8. The van der Waals surface area contributed by atoms with E-state index in [2.05, 4.69) is 4.90 Å². The number of carbonyl (C=O) groups excluding carboxylic acids is 4. The van der Waals surface area contributed by atoms with Gasteiger partial charge in [-0.3, -0.25) is 24.1 Å². The SMILES string of the molecule is C[C@H]1c2cccc(O)c2C(=O)C2=C(O)[C@]3(O)C(=O)C(C(N)=O)=C(O)[C@@H](N(C)C)[C@@H]3[C@@H](OC(=O)CCN3CCCC3)[C@@H]21. The number of phenolic OH excluding ortho intramolecular Hbond substituents is 1. The number of ketones is 2. The van der Waals surface area contributed by atoms with Crippen LogP contribution >= 0.6 is 0 Å². The zero-order valence-corrected chi connectivity index (χ0v) is 23.2. The molecule has 0 spiro atoms. The lowest BCUT2D eigenvalue weighted by Gasteiger charge is -2.54. The molecule has 6 atom stereocenters. The molecule has 1 saturated heterocycles. The molecule has 6 N–H and O–H groups in total. The van der Waals surface area contributed by atoms with E-state index >= 15 is 0 Å². The third-order valence-electron chi connectivity index (χ3n) is 9.07. The third kappa shape index (κ3) is 4.23. The predicted octanol–water partition coefficient (Wildman–Crippen LogP) is 0.689. The van der Waals surface area contributed by atoms with Crippen LogP contribution in [0, 0.1) is 11.8 Å². The van der Waals surface area contributed by atoms with Crippen LogP contribution in [0.25, 0.3) is 0 Å². The van der Waals surface area contributed by atoms with Crippen molar-refractivity contribution in [1.29, 1.82) is 0 Å². The van der Waals surface area contributed by atoms with Crippen LogP contribution in [0.5, 0.6) is 5.75 Å². The molecule has 1 amide bonds. The number of Topliss-reactive ketones (excluding diaryl/α,β-unsaturated/α-hetero) is 2. The molecule has 1 aliphatic heterocycles. The number of carbonyl (C=O) groups is 4. The second-order valence-electron chi connectivity index (χ2n) is 11.6. The number of benzene rings is 1. The molecule has 1 heterocycles. The molecule has 0 unspecified atom stereocenters. The molecule has 12 heteroatoms. The summed E-state index contributed by atoms with van der Waals surface area (Å²) < 4.78 is 6.03. The molecule has 4 aliphatic rings. The number of esters is 1. The Kier molecular flexibility index (Phi) is 7.21. The minimum atomic E-state index is -2.95. The van der Waals surface area contributed by atoms with Crippen molar-refractivity contribution in [3.05, 3.63) is 52.0 Å². The number of likely N-dealkylation sites (tertiary alicyclic amines) is 1. The Morgan fingerprint density at radius 2 is 1.80 bits per heavy atom. The Hall–Kier alpha value is -3.74. The molecule has 41 heavy (non-hydrogen) atoms. The van der Waals surface area contributed by atoms with Crippen molar-refractivity contribution < 1.29 is 44.3 Å². The molecular weight excluding hydrogens is 534 g/mol. The van der Waals surface area contributed by atoms with Crippen LogP contribution in [0.3, 0.4) is 0 Å². The second-order valence-corrected chi connectivity index (χ2v) is 11.6. The molecular formula is C29H35N3O9. The number of likely N-dealkylation sites (N-methyl/N-ethyl adjacent to an activating group) is 1. The van der Waals surface area contributed by atoms with E-state index in [4.69, 9.17) is 10.5 Å². The van der Waals surface area contributed by atoms with Gasteiger partial charge in [0.15, 0.2) is 11.4 Å². The minimum absolute atomic E-state index is 0.00592. The number of phenols is 1. The Morgan fingerprint density at radius 1 is 1.15 bits per heavy atom. The van der Waals surface area contributed by atoms with E-state index in [1.165, 1.54) is 25.1 Å². The van der Waals surface area contributed by atoms with E-state index in [1.807, 2.05) is 0 Å². The first-order chi connectivity index (χ1) is 19.3. The van der Waals surface area contributed by atoms with Gasteiger partial charge in [-0.25, -0.2) is 0 Å². The smallest absolute Gasteiger partial charge is 0.307 e. The van der Waals surface area contributed by atoms with Gasteiger partial charge in [0.25, 0.3) is 5.91 Å². The van der Waals surface area contributed by atoms with E-state index < -0.39 is 81.6 Å². The molecule has 0 radical (unpaired) electrons. The maximum atomic E-state index is 13.9. The van der Waals surface area contributed by atoms with Gasteiger partial charge in [0.05, 0.1) is 23.9 Å². The average molecular weight is 570 g/mol. The number of amides is 1. The van der Waals surface area contributed by atoms with Crippen molar-refractivity contribution in [3.8, 4) is 5.75 Å². The molecule has 0 saturated carbocycles. The van der Waals surface area contributed by atoms with Crippen molar-refractivity contribution in [2.75, 3.05) is 33.7 Å². The van der Waals surface area contributed by atoms with E-state index in [0.29, 0.717) is 12.1 Å². The number of hydrogen-bond donors (Lipinski definition) is 5. The molecule has 220 valence electrons. The highest BCUT2D eigenvalue weighted by Crippen LogP contribution is 2.56. The fourth-order valence-electron chi connectivity index (χ4n) is 7.16. The maximum Gasteiger partial charge on any atom is 0.307 e. The summed E-state index contributed by atoms with van der Waals surface area (Å²) in [6.45, 7) is 3.84. The van der Waals surface area contributed by atoms with E-state index in [-0.39, 0.29) is 17.7 Å². The van der Waals surface area contributed by atoms with E-state index in [0.717, 1.165) is 25.9 Å². The van der Waals surface area contributed by atoms with Crippen molar-refractivity contribution in [3.63, 3.8) is 0 Å². The van der Waals surface area contributed by atoms with Crippen LogP contribution < -0.4 is 5.73 Å². The van der Waals surface area contributed by atoms with Crippen LogP contribution in [0.15, 0.2) is 40.9 Å². The van der Waals surface area contributed by atoms with Crippen LogP contribution in [0.1, 0.15) is 48.0 Å². The van der Waals surface area contributed by atoms with Crippen molar-refractivity contribution in [2.45, 2.75) is 49.9 Å². The van der Waals surface area contributed by atoms with Gasteiger partial charge in [0.2, 0.25) is 5.78 Å². The number of fused-ring (bicyclic) bond motifs is 3. The molecule has 12 nitrogen and oxygen atoms in total. The Bertz CT molecular complexity index is 1390. The summed E-state index contributed by atoms with van der Waals surface area (Å²) in [5.41, 5.74) is 1.46. The number of nitrogens with zero attached hydrogens (tertiary/aromatic N) is 2. The lowest BCUT2D eigenvalue weighted by Crippen LogP contribution is -2.69. The number of aliphatic hydroxyl groups is 3. The quantitative estimate of drug-likeness (QED) is 0.239. The summed E-state index contributed by atoms with van der Waals surface area (Å²) in [4.78, 5) is 56.8. The molecule has 1 aromatic rings. The third-order valence-corrected chi connectivity index (χ3v) is 9.07. The Morgan fingerprint density at radius 3 is 2.41 bits per heavy atom. The Balaban J connectivity index is 1.71. The average Bonchev–Trinajstić information content (AvgIpc) is 3.42. The van der Waals surface area contributed by atoms with Gasteiger partial charge in [0, 0.05) is 18.0 Å². The second kappa shape index (κ2) is 10.3. The normalized spacial score (nSPS) is 31.7. The van der Waals surface area contributed by atoms with Gasteiger partial charge in [-0.1, -0.05) is 19.1 Å². The molecule has 1 fully saturated rings. The van der Waals surface area contributed by atoms with Gasteiger partial charge in [0.1, 0.15) is 28.9 Å². The zero-order valence-electron chi connectivity index (χ0n) is 23.2. The fourth-order valence-corrected chi connectivity index (χ4v) is 7.16. The molecule has 5 rings (SSSR count). The van der Waals surface area contributed by atoms with Gasteiger partial charge in [-0.05, 0) is 57.6 Å². The fraction of sp³-hybridized carbons (Fsp3) is 0.517. The molecule has 1 aromatic carbocycles. The number of hydrogen-bond acceptors (Lipinski definition) is 11. The maximum absolute atomic E-state index is 13.9. The summed E-state index contributed by atoms with van der Waals surface area (Å²) in [5, 5.41) is 45.4. The van der Waals surface area contributed by atoms with Crippen LogP contribution in [0.4, 0.5) is 0 Å². The highest BCUT2D eigenvalue weighted by atomic mass is 16.5. The summed E-state index contributed by atoms with van der Waals surface area (Å²) in [6.07, 6.45) is 0.636. The van der Waals surface area contributed by atoms with Crippen molar-refractivity contribution in [2.24, 2.45) is 17.6 Å². The summed E-state index contributed by atoms with van der Waals surface area (Å²) >= 11 is 0. The first-order valence-electron chi connectivity index (χ1n) is 13.7. The van der Waals surface area contributed by atoms with E-state index in [1.54, 1.807) is 19.1 Å². The zero-order chi connectivity index (χ0) is 30.0. The van der Waals surface area contributed by atoms with Crippen molar-refractivity contribution >= 4 is 23.4 Å². The Labute approximate surface area is 236 Å². The van der Waals surface area contributed by atoms with Crippen LogP contribution in [0.2, 0.25) is 0 Å². The number of aromatic hydroxyl groups is 1. The standard InChI is InChI=1S/C29H35N3O9/c1-13-14-7-6-8-15(33)18(14)23(35)19-17(13)25(41-16(34)9-12-32-10-4-5-11-32)21-22(31(2)3)24(36)20(28(30)39)27(38)29(21,40)26(19)37/h6-8,13,17,21-22,25,33,36-37,40H,4-5,9-12H2,1-3H3,(H2,30,39)/t13-,17+,21+,22-,25-,29-/m0/s1. The monoisotopic (exact) mass is 569 g/mol. The highest BCUT2D eigenvalue weighted by molar-refractivity contribution is 6.25. The van der Waals surface area contributed by atoms with Gasteiger partial charge in [-0.15, -0.1) is 0 Å². The van der Waals surface area contributed by atoms with Crippen molar-refractivity contribution in [1.82, 2.24) is 9.80 Å². The number of ether oxygens (including phenoxy) is 1. The lowest BCUT2D eigenvalue weighted by molar-refractivity contribution is -0.181. The predicted molar refractivity (Wildman–Crippen MR) is 144 cm³/mol. The largest absolute Gasteiger partial charge is 0.510 e. The first-order valence-corrected chi connectivity index (χ1v) is 13.7. The van der Waals surface area contributed by atoms with Gasteiger partial charge < -0.3 is 35.8 Å². The highest BCUT2D eigenvalue weighted by Gasteiger charge is 2.68. The molecule has 0 aromatic heterocycles. The summed E-state index contributed by atoms with van der Waals surface area (Å²) in [7, 11) is 3.03. The number of primary amides is 1. The van der Waals surface area contributed by atoms with Gasteiger partial charge >= 0.3 is 5.97 Å². The lowest BCUT2D eigenvalue weighted by atomic mass is 9.55. The summed E-state index contributed by atoms with van der Waals surface area (Å²) in [5.74, 6) is -9.58. The molecule has 0 bridgehead atoms. The summed E-state index contributed by atoms with van der Waals surface area (Å²) in [6, 6.07) is 3.19. The van der Waals surface area contributed by atoms with Gasteiger partial charge in [-0.2, -0.15) is 0 Å². The number of nitrogens with two attached hydrogens (primary N) is 1. The molecule has 3 aliphatic carbocycles. The number of rotatable bonds is 6. The number of aliphatic hydroxyl groups excluding tert-OH is 2. The van der Waals surface area contributed by atoms with Crippen LogP contribution in [-0.4, -0.2) is 105 Å². The minimum Gasteiger partial charge on any atom is -0.510 e. The van der Waals surface area contributed by atoms with Crippen LogP contribution in [-0.2, 0) is 19.1 Å². The topological polar surface area (TPSA) is 191 Å².